The molecule has 0 aliphatic heterocycles. The molecule has 0 saturated heterocycles. The van der Waals surface area contributed by atoms with E-state index in [1.165, 1.54) is 0 Å². The molecule has 3 unspecified atom stereocenters. The minimum Gasteiger partial charge on any atom is -0.393 e. The Morgan fingerprint density at radius 2 is 1.78 bits per heavy atom. The number of carbonyl (C=O) groups excluding carboxylic acids is 1. The molecule has 8 atom stereocenters. The Morgan fingerprint density at radius 3 is 2.52 bits per heavy atom. The van der Waals surface area contributed by atoms with E-state index in [-0.39, 0.29) is 17.3 Å². The summed E-state index contributed by atoms with van der Waals surface area (Å²) in [6, 6.07) is 0. The van der Waals surface area contributed by atoms with Gasteiger partial charge in [0.05, 0.1) is 17.8 Å². The van der Waals surface area contributed by atoms with Crippen LogP contribution in [-0.2, 0) is 4.79 Å². The zero-order valence-corrected chi connectivity index (χ0v) is 14.3. The lowest BCUT2D eigenvalue weighted by atomic mass is 9.43. The third-order valence-corrected chi connectivity index (χ3v) is 8.54. The highest BCUT2D eigenvalue weighted by molar-refractivity contribution is 5.87. The van der Waals surface area contributed by atoms with E-state index in [0.29, 0.717) is 42.8 Å². The number of rotatable bonds is 0. The standard InChI is InChI=1S/C19H30O4/c1-17-7-6-14-12(13(17)3-4-15(17)21)9-16(22)19(23)10-11(20)5-8-18(14,19)2/h11-14,16,20,22-23H,3-10H2,1-2H3/t11-,12?,13?,14?,16+,17-,18+,19-/m0/s1. The van der Waals surface area contributed by atoms with Crippen molar-refractivity contribution in [3.05, 3.63) is 0 Å². The Labute approximate surface area is 138 Å². The summed E-state index contributed by atoms with van der Waals surface area (Å²) in [5.41, 5.74) is -1.73. The van der Waals surface area contributed by atoms with Gasteiger partial charge in [-0.25, -0.2) is 0 Å². The van der Waals surface area contributed by atoms with Gasteiger partial charge in [0.2, 0.25) is 0 Å². The minimum atomic E-state index is -1.18. The summed E-state index contributed by atoms with van der Waals surface area (Å²) in [4.78, 5) is 12.4. The van der Waals surface area contributed by atoms with Crippen LogP contribution in [0.25, 0.3) is 0 Å². The number of Topliss-reactive ketones (excluding diaryl/α,β-unsaturated/α-hetero) is 1. The predicted octanol–water partition coefficient (Wildman–Crippen LogP) is 2.04. The van der Waals surface area contributed by atoms with Crippen LogP contribution in [0.4, 0.5) is 0 Å². The Morgan fingerprint density at radius 1 is 1.04 bits per heavy atom. The molecule has 0 aromatic rings. The van der Waals surface area contributed by atoms with Gasteiger partial charge in [0.1, 0.15) is 5.78 Å². The van der Waals surface area contributed by atoms with E-state index in [9.17, 15) is 20.1 Å². The molecule has 4 aliphatic carbocycles. The third kappa shape index (κ3) is 1.86. The molecule has 4 heteroatoms. The number of carbonyl (C=O) groups is 1. The topological polar surface area (TPSA) is 77.8 Å². The zero-order valence-electron chi connectivity index (χ0n) is 14.3. The molecule has 3 N–H and O–H groups in total. The van der Waals surface area contributed by atoms with Gasteiger partial charge in [-0.3, -0.25) is 4.79 Å². The van der Waals surface area contributed by atoms with Gasteiger partial charge in [-0.1, -0.05) is 13.8 Å². The highest BCUT2D eigenvalue weighted by atomic mass is 16.3. The molecule has 0 amide bonds. The molecule has 4 fully saturated rings. The first-order valence-electron chi connectivity index (χ1n) is 9.34. The van der Waals surface area contributed by atoms with Gasteiger partial charge in [0.25, 0.3) is 0 Å². The summed E-state index contributed by atoms with van der Waals surface area (Å²) in [7, 11) is 0. The quantitative estimate of drug-likeness (QED) is 0.638. The monoisotopic (exact) mass is 322 g/mol. The summed E-state index contributed by atoms with van der Waals surface area (Å²) in [6.07, 6.45) is 4.54. The van der Waals surface area contributed by atoms with Crippen LogP contribution in [0, 0.1) is 28.6 Å². The van der Waals surface area contributed by atoms with Crippen LogP contribution in [0.15, 0.2) is 0 Å². The maximum Gasteiger partial charge on any atom is 0.139 e. The average molecular weight is 322 g/mol. The molecular weight excluding hydrogens is 292 g/mol. The number of ketones is 1. The maximum absolute atomic E-state index is 12.4. The van der Waals surface area contributed by atoms with Crippen LogP contribution in [0.5, 0.6) is 0 Å². The molecule has 0 bridgehead atoms. The second-order valence-electron chi connectivity index (χ2n) is 9.28. The highest BCUT2D eigenvalue weighted by Gasteiger charge is 2.67. The summed E-state index contributed by atoms with van der Waals surface area (Å²) >= 11 is 0. The predicted molar refractivity (Wildman–Crippen MR) is 85.6 cm³/mol. The van der Waals surface area contributed by atoms with Crippen LogP contribution in [-0.4, -0.2) is 38.9 Å². The van der Waals surface area contributed by atoms with Crippen LogP contribution >= 0.6 is 0 Å². The maximum atomic E-state index is 12.4. The molecule has 0 radical (unpaired) electrons. The summed E-state index contributed by atoms with van der Waals surface area (Å²) in [5, 5.41) is 32.2. The number of hydrogen-bond acceptors (Lipinski definition) is 4. The SMILES string of the molecule is C[C@]12CCC3C(C[C@@H](O)[C@@]4(O)C[C@@H](O)CC[C@]34C)C1CCC2=O. The van der Waals surface area contributed by atoms with Crippen molar-refractivity contribution in [3.8, 4) is 0 Å². The molecular formula is C19H30O4. The van der Waals surface area contributed by atoms with E-state index in [0.717, 1.165) is 25.7 Å². The Kier molecular flexibility index (Phi) is 3.35. The molecule has 0 heterocycles. The number of aliphatic hydroxyl groups is 3. The molecule has 0 aromatic carbocycles. The summed E-state index contributed by atoms with van der Waals surface area (Å²) in [6.45, 7) is 4.25. The molecule has 4 rings (SSSR count). The first kappa shape index (κ1) is 16.0. The molecule has 4 aliphatic rings. The van der Waals surface area contributed by atoms with Crippen molar-refractivity contribution in [1.29, 1.82) is 0 Å². The molecule has 0 spiro atoms. The number of aliphatic hydroxyl groups excluding tert-OH is 2. The van der Waals surface area contributed by atoms with Crippen molar-refractivity contribution in [2.45, 2.75) is 83.0 Å². The second kappa shape index (κ2) is 4.80. The Balaban J connectivity index is 1.72. The second-order valence-corrected chi connectivity index (χ2v) is 9.28. The molecule has 0 aromatic heterocycles. The van der Waals surface area contributed by atoms with Gasteiger partial charge in [0.15, 0.2) is 0 Å². The van der Waals surface area contributed by atoms with Gasteiger partial charge in [-0.2, -0.15) is 0 Å². The Bertz CT molecular complexity index is 533. The fraction of sp³-hybridized carbons (Fsp3) is 0.947. The van der Waals surface area contributed by atoms with E-state index in [1.54, 1.807) is 0 Å². The van der Waals surface area contributed by atoms with Gasteiger partial charge in [-0.05, 0) is 56.3 Å². The van der Waals surface area contributed by atoms with Crippen LogP contribution < -0.4 is 0 Å². The minimum absolute atomic E-state index is 0.207. The van der Waals surface area contributed by atoms with Crippen molar-refractivity contribution < 1.29 is 20.1 Å². The fourth-order valence-corrected chi connectivity index (χ4v) is 7.03. The zero-order chi connectivity index (χ0) is 16.6. The van der Waals surface area contributed by atoms with Gasteiger partial charge >= 0.3 is 0 Å². The molecule has 130 valence electrons. The van der Waals surface area contributed by atoms with Gasteiger partial charge < -0.3 is 15.3 Å². The van der Waals surface area contributed by atoms with Gasteiger partial charge in [-0.15, -0.1) is 0 Å². The van der Waals surface area contributed by atoms with E-state index in [1.807, 2.05) is 0 Å². The van der Waals surface area contributed by atoms with E-state index in [2.05, 4.69) is 13.8 Å². The van der Waals surface area contributed by atoms with E-state index in [4.69, 9.17) is 0 Å². The largest absolute Gasteiger partial charge is 0.393 e. The number of hydrogen-bond donors (Lipinski definition) is 3. The average Bonchev–Trinajstić information content (AvgIpc) is 2.79. The molecule has 23 heavy (non-hydrogen) atoms. The lowest BCUT2D eigenvalue weighted by Gasteiger charge is -2.64. The number of fused-ring (bicyclic) bond motifs is 5. The molecule has 4 nitrogen and oxygen atoms in total. The lowest BCUT2D eigenvalue weighted by molar-refractivity contribution is -0.262. The normalized spacial score (nSPS) is 59.2. The van der Waals surface area contributed by atoms with Crippen LogP contribution in [0.3, 0.4) is 0 Å². The Hall–Kier alpha value is -0.450. The van der Waals surface area contributed by atoms with Crippen LogP contribution in [0.1, 0.15) is 65.2 Å². The van der Waals surface area contributed by atoms with Crippen molar-refractivity contribution in [1.82, 2.24) is 0 Å². The van der Waals surface area contributed by atoms with Crippen LogP contribution in [0.2, 0.25) is 0 Å². The van der Waals surface area contributed by atoms with E-state index >= 15 is 0 Å². The van der Waals surface area contributed by atoms with Crippen molar-refractivity contribution >= 4 is 5.78 Å². The van der Waals surface area contributed by atoms with Crippen molar-refractivity contribution in [3.63, 3.8) is 0 Å². The summed E-state index contributed by atoms with van der Waals surface area (Å²) < 4.78 is 0. The highest BCUT2D eigenvalue weighted by Crippen LogP contribution is 2.66. The molecule has 4 saturated carbocycles. The third-order valence-electron chi connectivity index (χ3n) is 8.54. The lowest BCUT2D eigenvalue weighted by Crippen LogP contribution is -2.68. The fourth-order valence-electron chi connectivity index (χ4n) is 7.03. The first-order valence-corrected chi connectivity index (χ1v) is 9.34. The first-order chi connectivity index (χ1) is 10.7. The van der Waals surface area contributed by atoms with E-state index < -0.39 is 17.8 Å². The van der Waals surface area contributed by atoms with Crippen molar-refractivity contribution in [2.24, 2.45) is 28.6 Å². The van der Waals surface area contributed by atoms with Crippen molar-refractivity contribution in [2.75, 3.05) is 0 Å². The van der Waals surface area contributed by atoms with Gasteiger partial charge in [0, 0.05) is 23.7 Å². The summed E-state index contributed by atoms with van der Waals surface area (Å²) in [5.74, 6) is 1.44. The smallest absolute Gasteiger partial charge is 0.139 e.